The first-order valence-electron chi connectivity index (χ1n) is 7.61. The van der Waals surface area contributed by atoms with Crippen LogP contribution in [0, 0.1) is 0 Å². The number of carbonyl (C=O) groups excluding carboxylic acids is 1. The summed E-state index contributed by atoms with van der Waals surface area (Å²) in [4.78, 5) is 27.3. The van der Waals surface area contributed by atoms with Crippen molar-refractivity contribution in [3.05, 3.63) is 17.3 Å². The van der Waals surface area contributed by atoms with Crippen molar-refractivity contribution in [3.8, 4) is 0 Å². The third-order valence-corrected chi connectivity index (χ3v) is 5.18. The van der Waals surface area contributed by atoms with Gasteiger partial charge < -0.3 is 15.1 Å². The molecule has 0 atom stereocenters. The fourth-order valence-electron chi connectivity index (χ4n) is 2.55. The van der Waals surface area contributed by atoms with E-state index in [9.17, 15) is 4.79 Å². The van der Waals surface area contributed by atoms with Gasteiger partial charge >= 0.3 is 0 Å². The molecule has 22 heavy (non-hydrogen) atoms. The Labute approximate surface area is 134 Å². The fourth-order valence-corrected chi connectivity index (χ4v) is 3.48. The first kappa shape index (κ1) is 15.2. The van der Waals surface area contributed by atoms with E-state index in [0.717, 1.165) is 48.6 Å². The summed E-state index contributed by atoms with van der Waals surface area (Å²) in [5.41, 5.74) is 0. The van der Waals surface area contributed by atoms with E-state index in [4.69, 9.17) is 0 Å². The van der Waals surface area contributed by atoms with Gasteiger partial charge in [-0.05, 0) is 19.5 Å². The average Bonchev–Trinajstić information content (AvgIpc) is 2.97. The highest BCUT2D eigenvalue weighted by Crippen LogP contribution is 2.28. The molecule has 0 bridgehead atoms. The van der Waals surface area contributed by atoms with Gasteiger partial charge in [0.15, 0.2) is 0 Å². The zero-order chi connectivity index (χ0) is 15.5. The lowest BCUT2D eigenvalue weighted by atomic mass is 10.3. The van der Waals surface area contributed by atoms with Crippen LogP contribution in [-0.2, 0) is 11.2 Å². The number of amides is 1. The Balaban J connectivity index is 1.66. The van der Waals surface area contributed by atoms with Crippen LogP contribution in [0.15, 0.2) is 12.4 Å². The number of rotatable bonds is 4. The van der Waals surface area contributed by atoms with Crippen LogP contribution in [0.3, 0.4) is 0 Å². The maximum Gasteiger partial charge on any atom is 0.242 e. The van der Waals surface area contributed by atoms with Crippen LogP contribution < -0.4 is 5.32 Å². The topological polar surface area (TPSA) is 61.4 Å². The van der Waals surface area contributed by atoms with Crippen LogP contribution in [0.4, 0.5) is 5.82 Å². The van der Waals surface area contributed by atoms with E-state index < -0.39 is 0 Å². The molecule has 1 saturated heterocycles. The summed E-state index contributed by atoms with van der Waals surface area (Å²) in [5, 5.41) is 4.19. The number of nitrogens with one attached hydrogen (secondary N) is 1. The molecule has 1 N–H and O–H groups in total. The average molecular weight is 319 g/mol. The molecule has 1 amide bonds. The highest BCUT2D eigenvalue weighted by atomic mass is 32.1. The second-order valence-corrected chi connectivity index (χ2v) is 6.66. The van der Waals surface area contributed by atoms with Crippen LogP contribution in [0.2, 0.25) is 0 Å². The number of aryl methyl sites for hydroxylation is 1. The van der Waals surface area contributed by atoms with E-state index in [-0.39, 0.29) is 12.5 Å². The Kier molecular flexibility index (Phi) is 4.54. The van der Waals surface area contributed by atoms with E-state index in [1.165, 1.54) is 4.88 Å². The van der Waals surface area contributed by atoms with Crippen molar-refractivity contribution in [1.82, 2.24) is 19.8 Å². The molecule has 2 aromatic heterocycles. The van der Waals surface area contributed by atoms with Crippen LogP contribution in [-0.4, -0.2) is 65.4 Å². The maximum atomic E-state index is 12.3. The number of nitrogens with zero attached hydrogens (tertiary/aromatic N) is 4. The SMILES string of the molecule is CCc1cc2c(NCC(=O)N3CCN(C)CC3)ncnc2s1. The summed E-state index contributed by atoms with van der Waals surface area (Å²) in [7, 11) is 2.08. The Bertz CT molecular complexity index is 663. The largest absolute Gasteiger partial charge is 0.360 e. The molecule has 1 fully saturated rings. The second-order valence-electron chi connectivity index (χ2n) is 5.54. The molecule has 3 heterocycles. The number of hydrogen-bond acceptors (Lipinski definition) is 6. The standard InChI is InChI=1S/C15H21N5OS/c1-3-11-8-12-14(17-10-18-15(12)22-11)16-9-13(21)20-6-4-19(2)5-7-20/h8,10H,3-7,9H2,1-2H3,(H,16,17,18). The van der Waals surface area contributed by atoms with Gasteiger partial charge in [0.25, 0.3) is 0 Å². The van der Waals surface area contributed by atoms with Crippen molar-refractivity contribution >= 4 is 33.3 Å². The lowest BCUT2D eigenvalue weighted by Gasteiger charge is -2.32. The minimum Gasteiger partial charge on any atom is -0.360 e. The van der Waals surface area contributed by atoms with Crippen LogP contribution in [0.5, 0.6) is 0 Å². The van der Waals surface area contributed by atoms with Gasteiger partial charge in [-0.2, -0.15) is 0 Å². The minimum absolute atomic E-state index is 0.130. The van der Waals surface area contributed by atoms with Crippen LogP contribution in [0.1, 0.15) is 11.8 Å². The van der Waals surface area contributed by atoms with Crippen LogP contribution in [0.25, 0.3) is 10.2 Å². The van der Waals surface area contributed by atoms with E-state index in [1.54, 1.807) is 17.7 Å². The first-order chi connectivity index (χ1) is 10.7. The molecule has 0 spiro atoms. The van der Waals surface area contributed by atoms with Gasteiger partial charge in [0.2, 0.25) is 5.91 Å². The molecule has 0 saturated carbocycles. The lowest BCUT2D eigenvalue weighted by Crippen LogP contribution is -2.48. The molecule has 1 aliphatic heterocycles. The molecule has 7 heteroatoms. The number of hydrogen-bond donors (Lipinski definition) is 1. The highest BCUT2D eigenvalue weighted by molar-refractivity contribution is 7.18. The van der Waals surface area contributed by atoms with Gasteiger partial charge in [0, 0.05) is 31.1 Å². The molecule has 0 aromatic carbocycles. The number of piperazine rings is 1. The second kappa shape index (κ2) is 6.58. The van der Waals surface area contributed by atoms with Crippen molar-refractivity contribution in [3.63, 3.8) is 0 Å². The zero-order valence-electron chi connectivity index (χ0n) is 13.0. The van der Waals surface area contributed by atoms with Crippen LogP contribution >= 0.6 is 11.3 Å². The number of fused-ring (bicyclic) bond motifs is 1. The molecule has 0 unspecified atom stereocenters. The minimum atomic E-state index is 0.130. The summed E-state index contributed by atoms with van der Waals surface area (Å²) in [6.45, 7) is 5.89. The molecule has 3 rings (SSSR count). The Morgan fingerprint density at radius 3 is 2.82 bits per heavy atom. The van der Waals surface area contributed by atoms with Gasteiger partial charge in [-0.15, -0.1) is 11.3 Å². The van der Waals surface area contributed by atoms with Gasteiger partial charge in [0.1, 0.15) is 17.0 Å². The number of aromatic nitrogens is 2. The molecular formula is C15H21N5OS. The Morgan fingerprint density at radius 1 is 1.32 bits per heavy atom. The third-order valence-electron chi connectivity index (χ3n) is 3.99. The van der Waals surface area contributed by atoms with E-state index in [0.29, 0.717) is 0 Å². The highest BCUT2D eigenvalue weighted by Gasteiger charge is 2.19. The maximum absolute atomic E-state index is 12.3. The summed E-state index contributed by atoms with van der Waals surface area (Å²) in [6.07, 6.45) is 2.54. The van der Waals surface area contributed by atoms with Crippen molar-refractivity contribution < 1.29 is 4.79 Å². The van der Waals surface area contributed by atoms with Gasteiger partial charge in [0.05, 0.1) is 11.9 Å². The number of thiophene rings is 1. The third kappa shape index (κ3) is 3.20. The fraction of sp³-hybridized carbons (Fsp3) is 0.533. The first-order valence-corrected chi connectivity index (χ1v) is 8.42. The molecular weight excluding hydrogens is 298 g/mol. The quantitative estimate of drug-likeness (QED) is 0.924. The summed E-state index contributed by atoms with van der Waals surface area (Å²) in [6, 6.07) is 2.11. The lowest BCUT2D eigenvalue weighted by molar-refractivity contribution is -0.130. The van der Waals surface area contributed by atoms with Crippen molar-refractivity contribution in [2.75, 3.05) is 45.1 Å². The number of likely N-dealkylation sites (N-methyl/N-ethyl adjacent to an activating group) is 1. The molecule has 1 aliphatic rings. The number of anilines is 1. The Hall–Kier alpha value is -1.73. The normalized spacial score (nSPS) is 16.2. The molecule has 2 aromatic rings. The van der Waals surface area contributed by atoms with E-state index in [2.05, 4.69) is 40.2 Å². The van der Waals surface area contributed by atoms with Gasteiger partial charge in [-0.25, -0.2) is 9.97 Å². The molecule has 0 radical (unpaired) electrons. The monoisotopic (exact) mass is 319 g/mol. The molecule has 118 valence electrons. The zero-order valence-corrected chi connectivity index (χ0v) is 13.8. The predicted molar refractivity (Wildman–Crippen MR) is 89.4 cm³/mol. The molecule has 0 aliphatic carbocycles. The molecule has 6 nitrogen and oxygen atoms in total. The van der Waals surface area contributed by atoms with E-state index >= 15 is 0 Å². The summed E-state index contributed by atoms with van der Waals surface area (Å²) < 4.78 is 0. The van der Waals surface area contributed by atoms with E-state index in [1.807, 2.05) is 4.90 Å². The van der Waals surface area contributed by atoms with Crippen molar-refractivity contribution in [2.24, 2.45) is 0 Å². The van der Waals surface area contributed by atoms with Crippen molar-refractivity contribution in [2.45, 2.75) is 13.3 Å². The number of carbonyl (C=O) groups is 1. The van der Waals surface area contributed by atoms with Gasteiger partial charge in [-0.1, -0.05) is 6.92 Å². The summed E-state index contributed by atoms with van der Waals surface area (Å²) >= 11 is 1.68. The predicted octanol–water partition coefficient (Wildman–Crippen LogP) is 1.44. The Morgan fingerprint density at radius 2 is 2.09 bits per heavy atom. The van der Waals surface area contributed by atoms with Crippen molar-refractivity contribution in [1.29, 1.82) is 0 Å². The summed E-state index contributed by atoms with van der Waals surface area (Å²) in [5.74, 6) is 0.884. The smallest absolute Gasteiger partial charge is 0.242 e. The van der Waals surface area contributed by atoms with Gasteiger partial charge in [-0.3, -0.25) is 4.79 Å².